The van der Waals surface area contributed by atoms with Crippen LogP contribution in [0.4, 0.5) is 11.8 Å². The molecule has 6 nitrogen and oxygen atoms in total. The van der Waals surface area contributed by atoms with Gasteiger partial charge in [0.1, 0.15) is 11.0 Å². The van der Waals surface area contributed by atoms with Gasteiger partial charge in [0.15, 0.2) is 11.5 Å². The summed E-state index contributed by atoms with van der Waals surface area (Å²) in [6, 6.07) is 5.56. The molecule has 0 aliphatic carbocycles. The zero-order valence-electron chi connectivity index (χ0n) is 11.2. The molecule has 0 aliphatic heterocycles. The van der Waals surface area contributed by atoms with Gasteiger partial charge in [-0.2, -0.15) is 4.98 Å². The molecule has 106 valence electrons. The van der Waals surface area contributed by atoms with Gasteiger partial charge in [0.25, 0.3) is 0 Å². The molecule has 7 heteroatoms. The summed E-state index contributed by atoms with van der Waals surface area (Å²) >= 11 is 6.05. The maximum Gasteiger partial charge on any atom is 0.223 e. The third-order valence-electron chi connectivity index (χ3n) is 2.83. The number of methoxy groups -OCH3 is 2. The van der Waals surface area contributed by atoms with Gasteiger partial charge >= 0.3 is 0 Å². The van der Waals surface area contributed by atoms with Crippen molar-refractivity contribution in [2.24, 2.45) is 0 Å². The van der Waals surface area contributed by atoms with E-state index in [0.717, 1.165) is 5.56 Å². The van der Waals surface area contributed by atoms with Gasteiger partial charge in [0.05, 0.1) is 14.2 Å². The minimum Gasteiger partial charge on any atom is -0.493 e. The van der Waals surface area contributed by atoms with Crippen LogP contribution in [0.3, 0.4) is 0 Å². The summed E-state index contributed by atoms with van der Waals surface area (Å²) in [5, 5.41) is 0.254. The van der Waals surface area contributed by atoms with Crippen LogP contribution in [0.25, 0.3) is 0 Å². The number of anilines is 2. The Kier molecular flexibility index (Phi) is 4.14. The fraction of sp³-hybridized carbons (Fsp3) is 0.231. The van der Waals surface area contributed by atoms with E-state index in [4.69, 9.17) is 32.5 Å². The van der Waals surface area contributed by atoms with E-state index in [-0.39, 0.29) is 16.9 Å². The minimum absolute atomic E-state index is 0.0589. The first-order chi connectivity index (χ1) is 9.55. The molecular weight excluding hydrogens is 280 g/mol. The molecule has 0 radical (unpaired) electrons. The van der Waals surface area contributed by atoms with Crippen LogP contribution in [-0.2, 0) is 6.42 Å². The Balaban J connectivity index is 2.35. The molecule has 4 N–H and O–H groups in total. The molecule has 2 aromatic rings. The van der Waals surface area contributed by atoms with E-state index in [1.165, 1.54) is 0 Å². The quantitative estimate of drug-likeness (QED) is 0.836. The molecule has 1 aromatic heterocycles. The Morgan fingerprint density at radius 1 is 1.10 bits per heavy atom. The second-order valence-electron chi connectivity index (χ2n) is 4.10. The molecule has 0 aliphatic rings. The van der Waals surface area contributed by atoms with Crippen LogP contribution in [0.5, 0.6) is 11.5 Å². The lowest BCUT2D eigenvalue weighted by molar-refractivity contribution is 0.354. The van der Waals surface area contributed by atoms with Gasteiger partial charge in [0, 0.05) is 12.0 Å². The van der Waals surface area contributed by atoms with Gasteiger partial charge in [-0.1, -0.05) is 17.7 Å². The Morgan fingerprint density at radius 2 is 1.80 bits per heavy atom. The van der Waals surface area contributed by atoms with E-state index in [0.29, 0.717) is 23.5 Å². The number of benzene rings is 1. The molecule has 0 saturated heterocycles. The Bertz CT molecular complexity index is 611. The van der Waals surface area contributed by atoms with Crippen LogP contribution < -0.4 is 20.9 Å². The van der Waals surface area contributed by atoms with Gasteiger partial charge in [-0.05, 0) is 17.7 Å². The number of hydrogen-bond donors (Lipinski definition) is 2. The molecular formula is C13H15ClN4O2. The van der Waals surface area contributed by atoms with Gasteiger partial charge in [0.2, 0.25) is 5.95 Å². The van der Waals surface area contributed by atoms with Gasteiger partial charge < -0.3 is 20.9 Å². The highest BCUT2D eigenvalue weighted by atomic mass is 35.5. The van der Waals surface area contributed by atoms with Crippen molar-refractivity contribution in [1.82, 2.24) is 9.97 Å². The fourth-order valence-electron chi connectivity index (χ4n) is 1.85. The number of ether oxygens (including phenoxy) is 2. The van der Waals surface area contributed by atoms with Crippen LogP contribution in [0.15, 0.2) is 18.2 Å². The average Bonchev–Trinajstić information content (AvgIpc) is 2.42. The highest BCUT2D eigenvalue weighted by molar-refractivity contribution is 6.30. The summed E-state index contributed by atoms with van der Waals surface area (Å²) in [5.74, 6) is 1.63. The standard InChI is InChI=1S/C13H15ClN4O2/c1-19-9-4-3-7(6-10(9)20-2)5-8-11(14)17-13(16)18-12(8)15/h3-4,6H,5H2,1-2H3,(H4,15,16,17,18). The average molecular weight is 295 g/mol. The summed E-state index contributed by atoms with van der Waals surface area (Å²) in [6.07, 6.45) is 0.477. The van der Waals surface area contributed by atoms with Gasteiger partial charge in [-0.25, -0.2) is 4.98 Å². The molecule has 0 atom stereocenters. The van der Waals surface area contributed by atoms with E-state index in [9.17, 15) is 0 Å². The van der Waals surface area contributed by atoms with Crippen molar-refractivity contribution in [2.45, 2.75) is 6.42 Å². The summed E-state index contributed by atoms with van der Waals surface area (Å²) < 4.78 is 10.4. The number of hydrogen-bond acceptors (Lipinski definition) is 6. The predicted molar refractivity (Wildman–Crippen MR) is 78.2 cm³/mol. The first-order valence-electron chi connectivity index (χ1n) is 5.83. The second kappa shape index (κ2) is 5.83. The summed E-state index contributed by atoms with van der Waals surface area (Å²) in [4.78, 5) is 7.81. The van der Waals surface area contributed by atoms with Gasteiger partial charge in [-0.15, -0.1) is 0 Å². The van der Waals surface area contributed by atoms with Crippen LogP contribution in [0, 0.1) is 0 Å². The van der Waals surface area contributed by atoms with E-state index in [1.807, 2.05) is 18.2 Å². The SMILES string of the molecule is COc1ccc(Cc2c(N)nc(N)nc2Cl)cc1OC. The van der Waals surface area contributed by atoms with Crippen LogP contribution >= 0.6 is 11.6 Å². The predicted octanol–water partition coefficient (Wildman–Crippen LogP) is 1.90. The Hall–Kier alpha value is -2.21. The Labute approximate surface area is 121 Å². The summed E-state index contributed by atoms with van der Waals surface area (Å²) in [6.45, 7) is 0. The number of aromatic nitrogens is 2. The van der Waals surface area contributed by atoms with Crippen molar-refractivity contribution < 1.29 is 9.47 Å². The molecule has 1 heterocycles. The van der Waals surface area contributed by atoms with Gasteiger partial charge in [-0.3, -0.25) is 0 Å². The largest absolute Gasteiger partial charge is 0.493 e. The normalized spacial score (nSPS) is 10.3. The van der Waals surface area contributed by atoms with Crippen molar-refractivity contribution in [3.05, 3.63) is 34.5 Å². The number of nitrogens with two attached hydrogens (primary N) is 2. The van der Waals surface area contributed by atoms with E-state index < -0.39 is 0 Å². The first kappa shape index (κ1) is 14.2. The number of nitrogen functional groups attached to an aromatic ring is 2. The number of nitrogens with zero attached hydrogens (tertiary/aromatic N) is 2. The molecule has 0 unspecified atom stereocenters. The van der Waals surface area contributed by atoms with Crippen molar-refractivity contribution >= 4 is 23.4 Å². The molecule has 1 aromatic carbocycles. The number of rotatable bonds is 4. The van der Waals surface area contributed by atoms with E-state index in [1.54, 1.807) is 14.2 Å². The van der Waals surface area contributed by atoms with Crippen molar-refractivity contribution in [2.75, 3.05) is 25.7 Å². The summed E-state index contributed by atoms with van der Waals surface area (Å²) in [5.41, 5.74) is 12.9. The topological polar surface area (TPSA) is 96.3 Å². The van der Waals surface area contributed by atoms with Crippen LogP contribution in [0.2, 0.25) is 5.15 Å². The lowest BCUT2D eigenvalue weighted by Crippen LogP contribution is -2.05. The zero-order chi connectivity index (χ0) is 14.7. The molecule has 0 spiro atoms. The molecule has 20 heavy (non-hydrogen) atoms. The maximum absolute atomic E-state index is 6.05. The van der Waals surface area contributed by atoms with E-state index >= 15 is 0 Å². The highest BCUT2D eigenvalue weighted by Crippen LogP contribution is 2.30. The lowest BCUT2D eigenvalue weighted by Gasteiger charge is -2.11. The third-order valence-corrected chi connectivity index (χ3v) is 3.15. The maximum atomic E-state index is 6.05. The second-order valence-corrected chi connectivity index (χ2v) is 4.46. The van der Waals surface area contributed by atoms with Crippen molar-refractivity contribution in [1.29, 1.82) is 0 Å². The molecule has 2 rings (SSSR count). The smallest absolute Gasteiger partial charge is 0.223 e. The molecule has 0 saturated carbocycles. The van der Waals surface area contributed by atoms with Crippen molar-refractivity contribution in [3.8, 4) is 11.5 Å². The Morgan fingerprint density at radius 3 is 2.40 bits per heavy atom. The third kappa shape index (κ3) is 2.85. The molecule has 0 bridgehead atoms. The highest BCUT2D eigenvalue weighted by Gasteiger charge is 2.12. The fourth-order valence-corrected chi connectivity index (χ4v) is 2.10. The number of halogens is 1. The zero-order valence-corrected chi connectivity index (χ0v) is 11.9. The summed E-state index contributed by atoms with van der Waals surface area (Å²) in [7, 11) is 3.16. The van der Waals surface area contributed by atoms with E-state index in [2.05, 4.69) is 9.97 Å². The monoisotopic (exact) mass is 294 g/mol. The minimum atomic E-state index is 0.0589. The van der Waals surface area contributed by atoms with Crippen LogP contribution in [-0.4, -0.2) is 24.2 Å². The first-order valence-corrected chi connectivity index (χ1v) is 6.21. The molecule has 0 amide bonds. The van der Waals surface area contributed by atoms with Crippen molar-refractivity contribution in [3.63, 3.8) is 0 Å². The molecule has 0 fully saturated rings. The lowest BCUT2D eigenvalue weighted by atomic mass is 10.1. The van der Waals surface area contributed by atoms with Crippen LogP contribution in [0.1, 0.15) is 11.1 Å².